The highest BCUT2D eigenvalue weighted by molar-refractivity contribution is 5.87. The normalized spacial score (nSPS) is 14.8. The third-order valence-electron chi connectivity index (χ3n) is 1.96. The Hall–Kier alpha value is -1.36. The Morgan fingerprint density at radius 2 is 2.42 bits per heavy atom. The van der Waals surface area contributed by atoms with Gasteiger partial charge in [-0.1, -0.05) is 0 Å². The smallest absolute Gasteiger partial charge is 0.356 e. The van der Waals surface area contributed by atoms with Crippen LogP contribution >= 0.6 is 0 Å². The molecule has 0 aliphatic carbocycles. The molecule has 1 aromatic heterocycles. The molecule has 64 valence electrons. The Balaban J connectivity index is 2.58. The van der Waals surface area contributed by atoms with Gasteiger partial charge < -0.3 is 9.84 Å². The van der Waals surface area contributed by atoms with Crippen molar-refractivity contribution in [2.24, 2.45) is 7.05 Å². The molecule has 0 saturated carbocycles. The van der Waals surface area contributed by atoms with Gasteiger partial charge in [-0.2, -0.15) is 5.10 Å². The fourth-order valence-electron chi connectivity index (χ4n) is 1.36. The number of aromatic carboxylic acids is 1. The number of carboxylic acid groups (broad SMARTS) is 1. The molecule has 1 N–H and O–H groups in total. The topological polar surface area (TPSA) is 64.4 Å². The summed E-state index contributed by atoms with van der Waals surface area (Å²) in [6.07, 6.45) is 0. The zero-order chi connectivity index (χ0) is 8.72. The third-order valence-corrected chi connectivity index (χ3v) is 1.96. The van der Waals surface area contributed by atoms with Gasteiger partial charge >= 0.3 is 5.97 Å². The van der Waals surface area contributed by atoms with Crippen LogP contribution in [0.25, 0.3) is 0 Å². The first-order valence-electron chi connectivity index (χ1n) is 3.56. The van der Waals surface area contributed by atoms with Gasteiger partial charge in [0, 0.05) is 12.6 Å². The summed E-state index contributed by atoms with van der Waals surface area (Å²) in [5.41, 5.74) is 1.70. The lowest BCUT2D eigenvalue weighted by Gasteiger charge is -1.93. The average Bonchev–Trinajstić information content (AvgIpc) is 2.53. The second-order valence-electron chi connectivity index (χ2n) is 2.70. The van der Waals surface area contributed by atoms with Crippen LogP contribution in [0.1, 0.15) is 21.7 Å². The summed E-state index contributed by atoms with van der Waals surface area (Å²) in [5.74, 6) is -0.989. The van der Waals surface area contributed by atoms with E-state index >= 15 is 0 Å². The van der Waals surface area contributed by atoms with Gasteiger partial charge in [0.1, 0.15) is 0 Å². The number of ether oxygens (including phenoxy) is 1. The first kappa shape index (κ1) is 7.30. The van der Waals surface area contributed by atoms with E-state index in [0.29, 0.717) is 18.8 Å². The SMILES string of the molecule is Cn1nc(C(=O)O)c2c1COC2. The minimum atomic E-state index is -0.989. The molecule has 5 nitrogen and oxygen atoms in total. The van der Waals surface area contributed by atoms with E-state index in [2.05, 4.69) is 5.10 Å². The van der Waals surface area contributed by atoms with Crippen LogP contribution in [0.15, 0.2) is 0 Å². The van der Waals surface area contributed by atoms with Crippen molar-refractivity contribution in [3.63, 3.8) is 0 Å². The van der Waals surface area contributed by atoms with Gasteiger partial charge in [-0.05, 0) is 0 Å². The molecule has 5 heteroatoms. The van der Waals surface area contributed by atoms with Gasteiger partial charge in [-0.3, -0.25) is 4.68 Å². The fourth-order valence-corrected chi connectivity index (χ4v) is 1.36. The summed E-state index contributed by atoms with van der Waals surface area (Å²) in [5, 5.41) is 12.6. The molecule has 0 fully saturated rings. The van der Waals surface area contributed by atoms with Gasteiger partial charge in [0.15, 0.2) is 5.69 Å². The first-order chi connectivity index (χ1) is 5.70. The number of hydrogen-bond acceptors (Lipinski definition) is 3. The van der Waals surface area contributed by atoms with Gasteiger partial charge in [0.05, 0.1) is 18.9 Å². The van der Waals surface area contributed by atoms with E-state index < -0.39 is 5.97 Å². The minimum absolute atomic E-state index is 0.116. The Labute approximate surface area is 68.6 Å². The number of hydrogen-bond donors (Lipinski definition) is 1. The molecule has 0 amide bonds. The van der Waals surface area contributed by atoms with Crippen LogP contribution in [0, 0.1) is 0 Å². The predicted octanol–water partition coefficient (Wildman–Crippen LogP) is 0.149. The summed E-state index contributed by atoms with van der Waals surface area (Å²) < 4.78 is 6.66. The monoisotopic (exact) mass is 168 g/mol. The Morgan fingerprint density at radius 1 is 1.67 bits per heavy atom. The maximum absolute atomic E-state index is 10.6. The number of fused-ring (bicyclic) bond motifs is 1. The van der Waals surface area contributed by atoms with E-state index in [4.69, 9.17) is 9.84 Å². The minimum Gasteiger partial charge on any atom is -0.476 e. The molecule has 1 aliphatic rings. The Kier molecular flexibility index (Phi) is 1.41. The number of nitrogens with zero attached hydrogens (tertiary/aromatic N) is 2. The molecular weight excluding hydrogens is 160 g/mol. The highest BCUT2D eigenvalue weighted by atomic mass is 16.5. The van der Waals surface area contributed by atoms with Crippen LogP contribution in [0.5, 0.6) is 0 Å². The van der Waals surface area contributed by atoms with Crippen LogP contribution in [0.2, 0.25) is 0 Å². The van der Waals surface area contributed by atoms with E-state index in [9.17, 15) is 4.79 Å². The quantitative estimate of drug-likeness (QED) is 0.648. The van der Waals surface area contributed by atoms with Crippen molar-refractivity contribution in [1.82, 2.24) is 9.78 Å². The molecule has 0 atom stereocenters. The summed E-state index contributed by atoms with van der Waals surface area (Å²) in [4.78, 5) is 10.6. The lowest BCUT2D eigenvalue weighted by molar-refractivity contribution is 0.0682. The van der Waals surface area contributed by atoms with Crippen molar-refractivity contribution in [2.75, 3.05) is 0 Å². The zero-order valence-electron chi connectivity index (χ0n) is 6.57. The molecule has 0 spiro atoms. The molecule has 0 unspecified atom stereocenters. The average molecular weight is 168 g/mol. The Morgan fingerprint density at radius 3 is 3.08 bits per heavy atom. The molecule has 1 aliphatic heterocycles. The maximum atomic E-state index is 10.6. The molecule has 12 heavy (non-hydrogen) atoms. The van der Waals surface area contributed by atoms with Crippen LogP contribution in [-0.4, -0.2) is 20.9 Å². The van der Waals surface area contributed by atoms with Gasteiger partial charge in [0.2, 0.25) is 0 Å². The van der Waals surface area contributed by atoms with E-state index in [1.165, 1.54) is 0 Å². The van der Waals surface area contributed by atoms with Crippen molar-refractivity contribution in [3.8, 4) is 0 Å². The third kappa shape index (κ3) is 0.831. The summed E-state index contributed by atoms with van der Waals surface area (Å²) in [7, 11) is 1.72. The van der Waals surface area contributed by atoms with Crippen molar-refractivity contribution < 1.29 is 14.6 Å². The maximum Gasteiger partial charge on any atom is 0.356 e. The molecule has 1 aromatic rings. The number of aromatic nitrogens is 2. The lowest BCUT2D eigenvalue weighted by Crippen LogP contribution is -2.02. The van der Waals surface area contributed by atoms with Crippen molar-refractivity contribution in [2.45, 2.75) is 13.2 Å². The number of carboxylic acids is 1. The van der Waals surface area contributed by atoms with E-state index in [0.717, 1.165) is 5.69 Å². The van der Waals surface area contributed by atoms with E-state index in [-0.39, 0.29) is 5.69 Å². The highest BCUT2D eigenvalue weighted by Gasteiger charge is 2.25. The molecule has 0 radical (unpaired) electrons. The van der Waals surface area contributed by atoms with E-state index in [1.807, 2.05) is 0 Å². The van der Waals surface area contributed by atoms with Crippen molar-refractivity contribution in [1.29, 1.82) is 0 Å². The summed E-state index contributed by atoms with van der Waals surface area (Å²) in [6.45, 7) is 0.830. The highest BCUT2D eigenvalue weighted by Crippen LogP contribution is 2.22. The summed E-state index contributed by atoms with van der Waals surface area (Å²) >= 11 is 0. The summed E-state index contributed by atoms with van der Waals surface area (Å²) in [6, 6.07) is 0. The standard InChI is InChI=1S/C7H8N2O3/c1-9-5-3-12-2-4(5)6(8-9)7(10)11/h2-3H2,1H3,(H,10,11). The first-order valence-corrected chi connectivity index (χ1v) is 3.56. The zero-order valence-corrected chi connectivity index (χ0v) is 6.57. The molecule has 0 aromatic carbocycles. The largest absolute Gasteiger partial charge is 0.476 e. The molecule has 2 rings (SSSR count). The molecule has 2 heterocycles. The van der Waals surface area contributed by atoms with Crippen molar-refractivity contribution >= 4 is 5.97 Å². The second-order valence-corrected chi connectivity index (χ2v) is 2.70. The van der Waals surface area contributed by atoms with Gasteiger partial charge in [-0.25, -0.2) is 4.79 Å². The number of carbonyl (C=O) groups is 1. The van der Waals surface area contributed by atoms with Gasteiger partial charge in [-0.15, -0.1) is 0 Å². The van der Waals surface area contributed by atoms with Crippen LogP contribution < -0.4 is 0 Å². The van der Waals surface area contributed by atoms with Crippen LogP contribution in [-0.2, 0) is 25.0 Å². The molecule has 0 saturated heterocycles. The van der Waals surface area contributed by atoms with E-state index in [1.54, 1.807) is 11.7 Å². The fraction of sp³-hybridized carbons (Fsp3) is 0.429. The van der Waals surface area contributed by atoms with Crippen LogP contribution in [0.3, 0.4) is 0 Å². The van der Waals surface area contributed by atoms with Crippen LogP contribution in [0.4, 0.5) is 0 Å². The number of aryl methyl sites for hydroxylation is 1. The Bertz CT molecular complexity index is 343. The predicted molar refractivity (Wildman–Crippen MR) is 38.7 cm³/mol. The molecular formula is C7H8N2O3. The number of rotatable bonds is 1. The second kappa shape index (κ2) is 2.31. The lowest BCUT2D eigenvalue weighted by atomic mass is 10.2. The van der Waals surface area contributed by atoms with Crippen molar-refractivity contribution in [3.05, 3.63) is 17.0 Å². The van der Waals surface area contributed by atoms with Gasteiger partial charge in [0.25, 0.3) is 0 Å². The molecule has 0 bridgehead atoms.